The van der Waals surface area contributed by atoms with Gasteiger partial charge in [0.2, 0.25) is 4.77 Å². The summed E-state index contributed by atoms with van der Waals surface area (Å²) in [6.45, 7) is 0. The monoisotopic (exact) mass is 394 g/mol. The molecule has 0 amide bonds. The van der Waals surface area contributed by atoms with Gasteiger partial charge in [-0.05, 0) is 54.2 Å². The molecule has 0 aliphatic rings. The van der Waals surface area contributed by atoms with Crippen LogP contribution < -0.4 is 4.74 Å². The quantitative estimate of drug-likeness (QED) is 0.504. The largest absolute Gasteiger partial charge is 0.504 e. The van der Waals surface area contributed by atoms with Crippen LogP contribution in [0.5, 0.6) is 11.5 Å². The van der Waals surface area contributed by atoms with E-state index in [1.807, 2.05) is 0 Å². The molecule has 0 aliphatic carbocycles. The average Bonchev–Trinajstić information content (AvgIpc) is 2.95. The number of ether oxygens (including phenoxy) is 1. The molecule has 3 rings (SSSR count). The van der Waals surface area contributed by atoms with E-state index in [4.69, 9.17) is 40.2 Å². The summed E-state index contributed by atoms with van der Waals surface area (Å²) in [5.41, 5.74) is 1.35. The zero-order chi connectivity index (χ0) is 18.0. The Morgan fingerprint density at radius 2 is 2.08 bits per heavy atom. The van der Waals surface area contributed by atoms with Crippen molar-refractivity contribution in [1.29, 1.82) is 0 Å². The third kappa shape index (κ3) is 3.68. The minimum Gasteiger partial charge on any atom is -0.504 e. The first-order valence-electron chi connectivity index (χ1n) is 7.04. The normalized spacial score (nSPS) is 11.2. The summed E-state index contributed by atoms with van der Waals surface area (Å²) < 4.78 is 6.84. The van der Waals surface area contributed by atoms with Gasteiger partial charge in [0.25, 0.3) is 0 Å². The van der Waals surface area contributed by atoms with Gasteiger partial charge in [-0.2, -0.15) is 14.9 Å². The van der Waals surface area contributed by atoms with Crippen molar-refractivity contribution in [3.05, 3.63) is 56.8 Å². The smallest absolute Gasteiger partial charge is 0.216 e. The highest BCUT2D eigenvalue weighted by Gasteiger charge is 2.12. The van der Waals surface area contributed by atoms with E-state index in [1.165, 1.54) is 17.9 Å². The predicted molar refractivity (Wildman–Crippen MR) is 101 cm³/mol. The van der Waals surface area contributed by atoms with Crippen LogP contribution in [0, 0.1) is 4.77 Å². The average molecular weight is 395 g/mol. The number of nitrogens with one attached hydrogen (secondary N) is 1. The molecule has 2 aromatic carbocycles. The van der Waals surface area contributed by atoms with E-state index in [-0.39, 0.29) is 5.75 Å². The minimum absolute atomic E-state index is 0.0493. The molecule has 6 nitrogen and oxygen atoms in total. The SMILES string of the molecule is COc1cc(/C=N/n2c(-c3ccc(Cl)cc3Cl)n[nH]c2=S)ccc1O. The Morgan fingerprint density at radius 3 is 2.80 bits per heavy atom. The molecule has 0 atom stereocenters. The van der Waals surface area contributed by atoms with Crippen molar-refractivity contribution in [2.45, 2.75) is 0 Å². The second-order valence-electron chi connectivity index (χ2n) is 4.96. The van der Waals surface area contributed by atoms with Gasteiger partial charge in [-0.15, -0.1) is 0 Å². The number of benzene rings is 2. The molecule has 0 fully saturated rings. The van der Waals surface area contributed by atoms with E-state index in [2.05, 4.69) is 15.3 Å². The lowest BCUT2D eigenvalue weighted by Crippen LogP contribution is -1.96. The van der Waals surface area contributed by atoms with Gasteiger partial charge >= 0.3 is 0 Å². The number of aromatic hydroxyl groups is 1. The summed E-state index contributed by atoms with van der Waals surface area (Å²) in [5.74, 6) is 0.850. The van der Waals surface area contributed by atoms with E-state index < -0.39 is 0 Å². The summed E-state index contributed by atoms with van der Waals surface area (Å²) in [4.78, 5) is 0. The number of H-pyrrole nitrogens is 1. The first-order chi connectivity index (χ1) is 12.0. The fourth-order valence-corrected chi connectivity index (χ4v) is 2.82. The van der Waals surface area contributed by atoms with Crippen LogP contribution in [0.1, 0.15) is 5.56 Å². The fourth-order valence-electron chi connectivity index (χ4n) is 2.14. The van der Waals surface area contributed by atoms with Gasteiger partial charge in [-0.1, -0.05) is 23.2 Å². The molecular formula is C16H12Cl2N4O2S. The van der Waals surface area contributed by atoms with Crippen LogP contribution in [0.4, 0.5) is 0 Å². The first-order valence-corrected chi connectivity index (χ1v) is 8.20. The molecule has 0 bridgehead atoms. The fraction of sp³-hybridized carbons (Fsp3) is 0.0625. The maximum Gasteiger partial charge on any atom is 0.216 e. The molecule has 1 aromatic heterocycles. The number of methoxy groups -OCH3 is 1. The van der Waals surface area contributed by atoms with Crippen LogP contribution in [0.15, 0.2) is 41.5 Å². The second kappa shape index (κ2) is 7.26. The van der Waals surface area contributed by atoms with Gasteiger partial charge in [0.05, 0.1) is 18.3 Å². The lowest BCUT2D eigenvalue weighted by atomic mass is 10.2. The number of hydrogen-bond donors (Lipinski definition) is 2. The van der Waals surface area contributed by atoms with Crippen molar-refractivity contribution in [3.8, 4) is 22.9 Å². The van der Waals surface area contributed by atoms with E-state index in [9.17, 15) is 5.11 Å². The van der Waals surface area contributed by atoms with Crippen molar-refractivity contribution < 1.29 is 9.84 Å². The number of phenols is 1. The zero-order valence-electron chi connectivity index (χ0n) is 12.9. The molecule has 2 N–H and O–H groups in total. The first kappa shape index (κ1) is 17.5. The zero-order valence-corrected chi connectivity index (χ0v) is 15.2. The number of rotatable bonds is 4. The van der Waals surface area contributed by atoms with Crippen molar-refractivity contribution in [2.75, 3.05) is 7.11 Å². The molecule has 9 heteroatoms. The molecule has 3 aromatic rings. The van der Waals surface area contributed by atoms with E-state index in [1.54, 1.807) is 36.5 Å². The molecular weight excluding hydrogens is 383 g/mol. The highest BCUT2D eigenvalue weighted by Crippen LogP contribution is 2.29. The predicted octanol–water partition coefficient (Wildman–Crippen LogP) is 4.51. The summed E-state index contributed by atoms with van der Waals surface area (Å²) in [6.07, 6.45) is 1.57. The number of halogens is 2. The molecule has 0 aliphatic heterocycles. The lowest BCUT2D eigenvalue weighted by Gasteiger charge is -2.05. The van der Waals surface area contributed by atoms with Crippen molar-refractivity contribution >= 4 is 41.6 Å². The van der Waals surface area contributed by atoms with Crippen molar-refractivity contribution in [3.63, 3.8) is 0 Å². The Morgan fingerprint density at radius 1 is 1.28 bits per heavy atom. The minimum atomic E-state index is 0.0493. The van der Waals surface area contributed by atoms with Gasteiger partial charge in [0.15, 0.2) is 17.3 Å². The van der Waals surface area contributed by atoms with Gasteiger partial charge in [-0.3, -0.25) is 0 Å². The van der Waals surface area contributed by atoms with Gasteiger partial charge in [0.1, 0.15) is 0 Å². The Kier molecular flexibility index (Phi) is 5.08. The van der Waals surface area contributed by atoms with Crippen LogP contribution in [0.3, 0.4) is 0 Å². The van der Waals surface area contributed by atoms with Crippen molar-refractivity contribution in [1.82, 2.24) is 14.9 Å². The van der Waals surface area contributed by atoms with Crippen LogP contribution in [-0.2, 0) is 0 Å². The summed E-state index contributed by atoms with van der Waals surface area (Å²) in [5, 5.41) is 21.8. The van der Waals surface area contributed by atoms with Crippen molar-refractivity contribution in [2.24, 2.45) is 5.10 Å². The Balaban J connectivity index is 2.01. The van der Waals surface area contributed by atoms with Gasteiger partial charge < -0.3 is 9.84 Å². The molecule has 0 saturated heterocycles. The molecule has 0 unspecified atom stereocenters. The molecule has 25 heavy (non-hydrogen) atoms. The summed E-state index contributed by atoms with van der Waals surface area (Å²) in [7, 11) is 1.47. The molecule has 1 heterocycles. The summed E-state index contributed by atoms with van der Waals surface area (Å²) >= 11 is 17.4. The third-order valence-electron chi connectivity index (χ3n) is 3.35. The Hall–Kier alpha value is -2.35. The van der Waals surface area contributed by atoms with E-state index in [0.29, 0.717) is 37.5 Å². The standard InChI is InChI=1S/C16H12Cl2N4O2S/c1-24-14-6-9(2-5-13(14)23)8-19-22-15(20-21-16(22)25)11-4-3-10(17)7-12(11)18/h2-8,23H,1H3,(H,21,25)/b19-8+. The van der Waals surface area contributed by atoms with E-state index in [0.717, 1.165) is 0 Å². The highest BCUT2D eigenvalue weighted by molar-refractivity contribution is 7.71. The number of nitrogens with zero attached hydrogens (tertiary/aromatic N) is 3. The van der Waals surface area contributed by atoms with Crippen LogP contribution in [0.2, 0.25) is 10.0 Å². The van der Waals surface area contributed by atoms with Crippen LogP contribution in [0.25, 0.3) is 11.4 Å². The van der Waals surface area contributed by atoms with Gasteiger partial charge in [-0.25, -0.2) is 5.10 Å². The molecule has 128 valence electrons. The third-order valence-corrected chi connectivity index (χ3v) is 4.16. The maximum atomic E-state index is 9.65. The second-order valence-corrected chi connectivity index (χ2v) is 6.19. The molecule has 0 saturated carbocycles. The van der Waals surface area contributed by atoms with Gasteiger partial charge in [0, 0.05) is 10.6 Å². The highest BCUT2D eigenvalue weighted by atomic mass is 35.5. The number of hydrogen-bond acceptors (Lipinski definition) is 5. The Labute approximate surface area is 158 Å². The number of phenolic OH excluding ortho intramolecular Hbond substituents is 1. The molecule has 0 spiro atoms. The number of aromatic amines is 1. The maximum absolute atomic E-state index is 9.65. The van der Waals surface area contributed by atoms with E-state index >= 15 is 0 Å². The molecule has 0 radical (unpaired) electrons. The topological polar surface area (TPSA) is 75.4 Å². The Bertz CT molecular complexity index is 1010. The number of aromatic nitrogens is 3. The van der Waals surface area contributed by atoms with Crippen LogP contribution >= 0.6 is 35.4 Å². The van der Waals surface area contributed by atoms with Crippen LogP contribution in [-0.4, -0.2) is 33.3 Å². The lowest BCUT2D eigenvalue weighted by molar-refractivity contribution is 0.373. The summed E-state index contributed by atoms with van der Waals surface area (Å²) in [6, 6.07) is 9.93.